The fourth-order valence-corrected chi connectivity index (χ4v) is 2.88. The molecule has 1 saturated carbocycles. The summed E-state index contributed by atoms with van der Waals surface area (Å²) in [5, 5.41) is 0. The van der Waals surface area contributed by atoms with Gasteiger partial charge in [-0.1, -0.05) is 32.1 Å². The zero-order valence-corrected chi connectivity index (χ0v) is 12.8. The van der Waals surface area contributed by atoms with Crippen molar-refractivity contribution in [2.45, 2.75) is 64.2 Å². The zero-order chi connectivity index (χ0) is 14.0. The summed E-state index contributed by atoms with van der Waals surface area (Å²) in [7, 11) is -3.27. The van der Waals surface area contributed by atoms with Crippen molar-refractivity contribution < 1.29 is 12.6 Å². The van der Waals surface area contributed by atoms with Crippen LogP contribution in [0.25, 0.3) is 0 Å². The summed E-state index contributed by atoms with van der Waals surface area (Å²) in [6, 6.07) is 0. The average molecular weight is 286 g/mol. The maximum atomic E-state index is 10.7. The van der Waals surface area contributed by atoms with E-state index in [4.69, 9.17) is 0 Å². The van der Waals surface area contributed by atoms with Gasteiger partial charge in [-0.2, -0.15) is 8.42 Å². The summed E-state index contributed by atoms with van der Waals surface area (Å²) in [5.74, 6) is 7.31. The Morgan fingerprint density at radius 2 is 1.74 bits per heavy atom. The number of rotatable bonds is 7. The molecule has 19 heavy (non-hydrogen) atoms. The second-order valence-electron chi connectivity index (χ2n) is 5.38. The van der Waals surface area contributed by atoms with E-state index in [1.165, 1.54) is 38.5 Å². The molecule has 3 nitrogen and oxygen atoms in total. The van der Waals surface area contributed by atoms with Crippen molar-refractivity contribution >= 4 is 10.1 Å². The van der Waals surface area contributed by atoms with Crippen LogP contribution in [0.2, 0.25) is 0 Å². The fraction of sp³-hybridized carbons (Fsp3) is 0.867. The lowest BCUT2D eigenvalue weighted by Crippen LogP contribution is -2.05. The third-order valence-corrected chi connectivity index (χ3v) is 4.12. The van der Waals surface area contributed by atoms with Crippen molar-refractivity contribution in [3.05, 3.63) is 0 Å². The van der Waals surface area contributed by atoms with E-state index in [1.54, 1.807) is 0 Å². The Kier molecular flexibility index (Phi) is 8.16. The van der Waals surface area contributed by atoms with E-state index in [1.807, 2.05) is 0 Å². The Morgan fingerprint density at radius 3 is 2.42 bits per heavy atom. The maximum absolute atomic E-state index is 10.7. The van der Waals surface area contributed by atoms with Gasteiger partial charge in [0.15, 0.2) is 0 Å². The summed E-state index contributed by atoms with van der Waals surface area (Å²) < 4.78 is 26.1. The van der Waals surface area contributed by atoms with E-state index in [-0.39, 0.29) is 6.61 Å². The zero-order valence-electron chi connectivity index (χ0n) is 12.0. The van der Waals surface area contributed by atoms with E-state index in [2.05, 4.69) is 16.0 Å². The highest BCUT2D eigenvalue weighted by Crippen LogP contribution is 2.26. The molecule has 0 N–H and O–H groups in total. The first-order valence-corrected chi connectivity index (χ1v) is 9.20. The molecule has 0 atom stereocenters. The monoisotopic (exact) mass is 286 g/mol. The van der Waals surface area contributed by atoms with E-state index >= 15 is 0 Å². The van der Waals surface area contributed by atoms with Crippen LogP contribution in [0.1, 0.15) is 64.2 Å². The molecular formula is C15H26O3S. The molecule has 1 rings (SSSR count). The van der Waals surface area contributed by atoms with Gasteiger partial charge in [0.2, 0.25) is 0 Å². The molecule has 0 bridgehead atoms. The Balaban J connectivity index is 1.93. The summed E-state index contributed by atoms with van der Waals surface area (Å²) in [4.78, 5) is 0. The summed E-state index contributed by atoms with van der Waals surface area (Å²) in [6.45, 7) is 0.280. The SMILES string of the molecule is CS(=O)(=O)OCCCCC#CCCC1CCCCC1. The molecule has 0 aromatic carbocycles. The van der Waals surface area contributed by atoms with Crippen molar-refractivity contribution in [1.82, 2.24) is 0 Å². The first-order valence-electron chi connectivity index (χ1n) is 7.38. The minimum absolute atomic E-state index is 0.280. The standard InChI is InChI=1S/C15H26O3S/c1-19(16,17)18-14-10-5-3-2-4-7-11-15-12-8-6-9-13-15/h15H,3,5-14H2,1H3. The highest BCUT2D eigenvalue weighted by atomic mass is 32.2. The molecule has 0 aromatic heterocycles. The van der Waals surface area contributed by atoms with Gasteiger partial charge >= 0.3 is 0 Å². The summed E-state index contributed by atoms with van der Waals surface area (Å²) in [5.41, 5.74) is 0. The van der Waals surface area contributed by atoms with Crippen molar-refractivity contribution in [2.24, 2.45) is 5.92 Å². The molecule has 0 amide bonds. The Labute approximate surface area is 118 Å². The van der Waals surface area contributed by atoms with Gasteiger partial charge in [0.1, 0.15) is 0 Å². The molecule has 110 valence electrons. The lowest BCUT2D eigenvalue weighted by atomic mass is 9.86. The number of unbranched alkanes of at least 4 members (excludes halogenated alkanes) is 2. The highest BCUT2D eigenvalue weighted by Gasteiger charge is 2.11. The Bertz CT molecular complexity index is 383. The third-order valence-electron chi connectivity index (χ3n) is 3.52. The second kappa shape index (κ2) is 9.39. The maximum Gasteiger partial charge on any atom is 0.264 e. The first kappa shape index (κ1) is 16.5. The topological polar surface area (TPSA) is 43.4 Å². The molecule has 0 unspecified atom stereocenters. The molecule has 4 heteroatoms. The van der Waals surface area contributed by atoms with Crippen molar-refractivity contribution in [2.75, 3.05) is 12.9 Å². The van der Waals surface area contributed by atoms with Gasteiger partial charge in [-0.25, -0.2) is 0 Å². The number of hydrogen-bond acceptors (Lipinski definition) is 3. The van der Waals surface area contributed by atoms with Crippen molar-refractivity contribution in [3.8, 4) is 11.8 Å². The average Bonchev–Trinajstić information content (AvgIpc) is 2.37. The van der Waals surface area contributed by atoms with Crippen LogP contribution in [0.5, 0.6) is 0 Å². The molecule has 1 aliphatic carbocycles. The van der Waals surface area contributed by atoms with Crippen LogP contribution < -0.4 is 0 Å². The van der Waals surface area contributed by atoms with Gasteiger partial charge < -0.3 is 0 Å². The molecule has 0 spiro atoms. The van der Waals surface area contributed by atoms with Gasteiger partial charge in [0.05, 0.1) is 12.9 Å². The molecule has 0 radical (unpaired) electrons. The quantitative estimate of drug-likeness (QED) is 0.409. The van der Waals surface area contributed by atoms with Crippen LogP contribution in [0.4, 0.5) is 0 Å². The van der Waals surface area contributed by atoms with E-state index in [0.29, 0.717) is 0 Å². The fourth-order valence-electron chi connectivity index (χ4n) is 2.45. The van der Waals surface area contributed by atoms with Crippen LogP contribution >= 0.6 is 0 Å². The minimum atomic E-state index is -3.27. The Morgan fingerprint density at radius 1 is 1.05 bits per heavy atom. The van der Waals surface area contributed by atoms with Gasteiger partial charge in [-0.3, -0.25) is 4.18 Å². The molecule has 0 saturated heterocycles. The lowest BCUT2D eigenvalue weighted by molar-refractivity contribution is 0.312. The minimum Gasteiger partial charge on any atom is -0.270 e. The molecule has 1 fully saturated rings. The molecule has 0 aliphatic heterocycles. The van der Waals surface area contributed by atoms with Crippen LogP contribution in [0, 0.1) is 17.8 Å². The predicted molar refractivity (Wildman–Crippen MR) is 78.2 cm³/mol. The van der Waals surface area contributed by atoms with Crippen molar-refractivity contribution in [1.29, 1.82) is 0 Å². The molecule has 1 aliphatic rings. The highest BCUT2D eigenvalue weighted by molar-refractivity contribution is 7.85. The van der Waals surface area contributed by atoms with Crippen LogP contribution in [0.3, 0.4) is 0 Å². The van der Waals surface area contributed by atoms with Crippen LogP contribution in [-0.4, -0.2) is 21.3 Å². The smallest absolute Gasteiger partial charge is 0.264 e. The normalized spacial score (nSPS) is 16.9. The molecule has 0 aromatic rings. The van der Waals surface area contributed by atoms with Gasteiger partial charge in [-0.05, 0) is 25.2 Å². The predicted octanol–water partition coefficient (Wildman–Crippen LogP) is 3.50. The van der Waals surface area contributed by atoms with E-state index in [0.717, 1.165) is 37.9 Å². The summed E-state index contributed by atoms with van der Waals surface area (Å²) in [6.07, 6.45) is 12.9. The van der Waals surface area contributed by atoms with E-state index < -0.39 is 10.1 Å². The van der Waals surface area contributed by atoms with Gasteiger partial charge in [0.25, 0.3) is 10.1 Å². The molecular weight excluding hydrogens is 260 g/mol. The first-order chi connectivity index (χ1) is 9.08. The molecule has 0 heterocycles. The van der Waals surface area contributed by atoms with Crippen LogP contribution in [0.15, 0.2) is 0 Å². The van der Waals surface area contributed by atoms with Gasteiger partial charge in [-0.15, -0.1) is 11.8 Å². The van der Waals surface area contributed by atoms with Gasteiger partial charge in [0, 0.05) is 12.8 Å². The summed E-state index contributed by atoms with van der Waals surface area (Å²) >= 11 is 0. The van der Waals surface area contributed by atoms with E-state index in [9.17, 15) is 8.42 Å². The number of hydrogen-bond donors (Lipinski definition) is 0. The lowest BCUT2D eigenvalue weighted by Gasteiger charge is -2.20. The second-order valence-corrected chi connectivity index (χ2v) is 7.02. The van der Waals surface area contributed by atoms with Crippen LogP contribution in [-0.2, 0) is 14.3 Å². The third kappa shape index (κ3) is 9.98. The van der Waals surface area contributed by atoms with Crippen molar-refractivity contribution in [3.63, 3.8) is 0 Å². The largest absolute Gasteiger partial charge is 0.270 e. The Hall–Kier alpha value is -0.530.